The number of aromatic nitrogens is 3. The van der Waals surface area contributed by atoms with Crippen molar-refractivity contribution in [3.8, 4) is 16.8 Å². The molecule has 0 N–H and O–H groups in total. The number of rotatable bonds is 4. The van der Waals surface area contributed by atoms with E-state index in [-0.39, 0.29) is 0 Å². The average molecular weight is 331 g/mol. The Kier molecular flexibility index (Phi) is 4.05. The Morgan fingerprint density at radius 1 is 0.917 bits per heavy atom. The van der Waals surface area contributed by atoms with Gasteiger partial charge in [0.1, 0.15) is 17.0 Å². The van der Waals surface area contributed by atoms with Gasteiger partial charge in [-0.15, -0.1) is 11.8 Å². The average Bonchev–Trinajstić information content (AvgIpc) is 3.04. The van der Waals surface area contributed by atoms with Crippen molar-refractivity contribution in [1.29, 1.82) is 0 Å². The molecule has 2 aromatic heterocycles. The third-order valence-corrected chi connectivity index (χ3v) is 4.82. The van der Waals surface area contributed by atoms with Crippen molar-refractivity contribution in [2.24, 2.45) is 0 Å². The van der Waals surface area contributed by atoms with Crippen LogP contribution in [0.25, 0.3) is 27.8 Å². The molecule has 2 heterocycles. The second kappa shape index (κ2) is 6.49. The molecular formula is C20H17N3S. The number of hydrogen-bond donors (Lipinski definition) is 0. The van der Waals surface area contributed by atoms with Crippen molar-refractivity contribution >= 4 is 22.8 Å². The van der Waals surface area contributed by atoms with Crippen molar-refractivity contribution in [1.82, 2.24) is 14.5 Å². The topological polar surface area (TPSA) is 30.7 Å². The Labute approximate surface area is 145 Å². The number of benzene rings is 2. The lowest BCUT2D eigenvalue weighted by Gasteiger charge is -2.05. The van der Waals surface area contributed by atoms with E-state index in [0.717, 1.165) is 27.5 Å². The molecule has 2 aromatic carbocycles. The molecule has 24 heavy (non-hydrogen) atoms. The number of hydrogen-bond acceptors (Lipinski definition) is 3. The van der Waals surface area contributed by atoms with Crippen molar-refractivity contribution < 1.29 is 0 Å². The summed E-state index contributed by atoms with van der Waals surface area (Å²) in [5, 5.41) is 2.16. The van der Waals surface area contributed by atoms with E-state index in [4.69, 9.17) is 0 Å². The normalized spacial score (nSPS) is 11.0. The third kappa shape index (κ3) is 2.59. The van der Waals surface area contributed by atoms with Gasteiger partial charge in [-0.25, -0.2) is 9.97 Å². The van der Waals surface area contributed by atoms with Gasteiger partial charge in [0, 0.05) is 17.4 Å². The summed E-state index contributed by atoms with van der Waals surface area (Å²) >= 11 is 1.76. The summed E-state index contributed by atoms with van der Waals surface area (Å²) in [5.41, 5.74) is 4.41. The molecule has 0 bridgehead atoms. The van der Waals surface area contributed by atoms with Gasteiger partial charge in [-0.05, 0) is 23.4 Å². The van der Waals surface area contributed by atoms with Crippen LogP contribution in [0.1, 0.15) is 6.92 Å². The Hall–Kier alpha value is -2.59. The van der Waals surface area contributed by atoms with E-state index in [9.17, 15) is 0 Å². The minimum absolute atomic E-state index is 0.950. The molecule has 118 valence electrons. The van der Waals surface area contributed by atoms with Crippen LogP contribution in [0, 0.1) is 0 Å². The highest BCUT2D eigenvalue weighted by molar-refractivity contribution is 7.99. The standard InChI is InChI=1S/C20H17N3S/c1-2-24-20-18-17(15-9-5-3-6-10-15)13-23(19(18)21-14-22-20)16-11-7-4-8-12-16/h3-14H,2H2,1H3. The minimum Gasteiger partial charge on any atom is -0.301 e. The van der Waals surface area contributed by atoms with Gasteiger partial charge in [0.25, 0.3) is 0 Å². The van der Waals surface area contributed by atoms with E-state index in [1.54, 1.807) is 18.1 Å². The molecule has 0 spiro atoms. The van der Waals surface area contributed by atoms with Crippen molar-refractivity contribution in [2.75, 3.05) is 5.75 Å². The zero-order valence-corrected chi connectivity index (χ0v) is 14.2. The van der Waals surface area contributed by atoms with Crippen LogP contribution < -0.4 is 0 Å². The molecule has 0 unspecified atom stereocenters. The molecule has 0 saturated heterocycles. The van der Waals surface area contributed by atoms with Gasteiger partial charge in [-0.3, -0.25) is 0 Å². The summed E-state index contributed by atoms with van der Waals surface area (Å²) in [5.74, 6) is 0.983. The summed E-state index contributed by atoms with van der Waals surface area (Å²) in [6.07, 6.45) is 3.83. The predicted octanol–water partition coefficient (Wildman–Crippen LogP) is 5.20. The van der Waals surface area contributed by atoms with Gasteiger partial charge in [-0.1, -0.05) is 55.5 Å². The summed E-state index contributed by atoms with van der Waals surface area (Å²) in [4.78, 5) is 9.11. The van der Waals surface area contributed by atoms with Gasteiger partial charge >= 0.3 is 0 Å². The Morgan fingerprint density at radius 2 is 1.62 bits per heavy atom. The van der Waals surface area contributed by atoms with Crippen LogP contribution in [0.15, 0.2) is 78.2 Å². The summed E-state index contributed by atoms with van der Waals surface area (Å²) in [7, 11) is 0. The molecule has 4 aromatic rings. The first-order chi connectivity index (χ1) is 11.9. The highest BCUT2D eigenvalue weighted by Crippen LogP contribution is 2.36. The Balaban J connectivity index is 2.04. The smallest absolute Gasteiger partial charge is 0.149 e. The minimum atomic E-state index is 0.950. The van der Waals surface area contributed by atoms with E-state index in [1.807, 2.05) is 24.3 Å². The molecule has 3 nitrogen and oxygen atoms in total. The molecule has 0 aliphatic heterocycles. The van der Waals surface area contributed by atoms with Crippen molar-refractivity contribution in [2.45, 2.75) is 11.9 Å². The van der Waals surface area contributed by atoms with Gasteiger partial charge in [-0.2, -0.15) is 0 Å². The Morgan fingerprint density at radius 3 is 2.33 bits per heavy atom. The molecule has 0 radical (unpaired) electrons. The fourth-order valence-electron chi connectivity index (χ4n) is 2.90. The highest BCUT2D eigenvalue weighted by atomic mass is 32.2. The lowest BCUT2D eigenvalue weighted by molar-refractivity contribution is 1.04. The molecule has 0 saturated carbocycles. The summed E-state index contributed by atoms with van der Waals surface area (Å²) in [6, 6.07) is 20.8. The summed E-state index contributed by atoms with van der Waals surface area (Å²) < 4.78 is 2.15. The first-order valence-corrected chi connectivity index (χ1v) is 8.96. The molecular weight excluding hydrogens is 314 g/mol. The fraction of sp³-hybridized carbons (Fsp3) is 0.100. The van der Waals surface area contributed by atoms with Crippen LogP contribution >= 0.6 is 11.8 Å². The maximum atomic E-state index is 4.59. The molecule has 0 atom stereocenters. The molecule has 4 heteroatoms. The number of fused-ring (bicyclic) bond motifs is 1. The molecule has 0 fully saturated rings. The maximum Gasteiger partial charge on any atom is 0.149 e. The van der Waals surface area contributed by atoms with Crippen LogP contribution in [0.5, 0.6) is 0 Å². The Bertz CT molecular complexity index is 962. The second-order valence-electron chi connectivity index (χ2n) is 5.42. The third-order valence-electron chi connectivity index (χ3n) is 3.95. The summed E-state index contributed by atoms with van der Waals surface area (Å²) in [6.45, 7) is 2.15. The number of thioether (sulfide) groups is 1. The van der Waals surface area contributed by atoms with Gasteiger partial charge in [0.2, 0.25) is 0 Å². The molecule has 0 amide bonds. The van der Waals surface area contributed by atoms with Crippen molar-refractivity contribution in [3.05, 3.63) is 73.2 Å². The molecule has 0 aliphatic carbocycles. The van der Waals surface area contributed by atoms with Crippen LogP contribution in [0.3, 0.4) is 0 Å². The van der Waals surface area contributed by atoms with Crippen LogP contribution in [0.2, 0.25) is 0 Å². The van der Waals surface area contributed by atoms with E-state index in [1.165, 1.54) is 11.1 Å². The van der Waals surface area contributed by atoms with Gasteiger partial charge in [0.05, 0.1) is 5.39 Å². The zero-order valence-electron chi connectivity index (χ0n) is 13.4. The first kappa shape index (κ1) is 15.0. The van der Waals surface area contributed by atoms with E-state index < -0.39 is 0 Å². The number of para-hydroxylation sites is 1. The first-order valence-electron chi connectivity index (χ1n) is 7.98. The second-order valence-corrected chi connectivity index (χ2v) is 6.68. The maximum absolute atomic E-state index is 4.59. The lowest BCUT2D eigenvalue weighted by Crippen LogP contribution is -1.94. The largest absolute Gasteiger partial charge is 0.301 e. The zero-order chi connectivity index (χ0) is 16.4. The van der Waals surface area contributed by atoms with E-state index in [0.29, 0.717) is 0 Å². The monoisotopic (exact) mass is 331 g/mol. The fourth-order valence-corrected chi connectivity index (χ4v) is 3.64. The van der Waals surface area contributed by atoms with Crippen molar-refractivity contribution in [3.63, 3.8) is 0 Å². The lowest BCUT2D eigenvalue weighted by atomic mass is 10.1. The van der Waals surface area contributed by atoms with E-state index in [2.05, 4.69) is 64.1 Å². The number of nitrogens with zero attached hydrogens (tertiary/aromatic N) is 3. The van der Waals surface area contributed by atoms with Crippen LogP contribution in [-0.2, 0) is 0 Å². The molecule has 4 rings (SSSR count). The highest BCUT2D eigenvalue weighted by Gasteiger charge is 2.16. The van der Waals surface area contributed by atoms with Crippen LogP contribution in [0.4, 0.5) is 0 Å². The molecule has 0 aliphatic rings. The SMILES string of the molecule is CCSc1ncnc2c1c(-c1ccccc1)cn2-c1ccccc1. The van der Waals surface area contributed by atoms with Crippen LogP contribution in [-0.4, -0.2) is 20.3 Å². The van der Waals surface area contributed by atoms with Gasteiger partial charge < -0.3 is 4.57 Å². The van der Waals surface area contributed by atoms with E-state index >= 15 is 0 Å². The van der Waals surface area contributed by atoms with Gasteiger partial charge in [0.15, 0.2) is 0 Å². The predicted molar refractivity (Wildman–Crippen MR) is 101 cm³/mol. The quantitative estimate of drug-likeness (QED) is 0.380.